The molecule has 0 bridgehead atoms. The third-order valence-electron chi connectivity index (χ3n) is 4.40. The highest BCUT2D eigenvalue weighted by Gasteiger charge is 2.28. The van der Waals surface area contributed by atoms with Crippen molar-refractivity contribution in [2.75, 3.05) is 0 Å². The standard InChI is InChI=1S/C22H22FNO3/c1-14(15-8-7-9-16(23)12-15)20-18(13-25)17-10-5-6-11-19(17)24(20)21(26)27-22(2,3)4/h5-14H,1-4H3/t14-/m1/s1. The third-order valence-corrected chi connectivity index (χ3v) is 4.40. The molecule has 140 valence electrons. The van der Waals surface area contributed by atoms with Crippen LogP contribution in [0, 0.1) is 5.82 Å². The predicted molar refractivity (Wildman–Crippen MR) is 103 cm³/mol. The van der Waals surface area contributed by atoms with Gasteiger partial charge in [-0.3, -0.25) is 4.79 Å². The van der Waals surface area contributed by atoms with Crippen LogP contribution in [0.2, 0.25) is 0 Å². The highest BCUT2D eigenvalue weighted by molar-refractivity contribution is 6.03. The van der Waals surface area contributed by atoms with Crippen LogP contribution < -0.4 is 0 Å². The molecular formula is C22H22FNO3. The van der Waals surface area contributed by atoms with Crippen LogP contribution in [0.1, 0.15) is 55.2 Å². The van der Waals surface area contributed by atoms with Crippen LogP contribution in [0.3, 0.4) is 0 Å². The maximum Gasteiger partial charge on any atom is 0.419 e. The van der Waals surface area contributed by atoms with Gasteiger partial charge in [-0.1, -0.05) is 37.3 Å². The van der Waals surface area contributed by atoms with Gasteiger partial charge in [-0.25, -0.2) is 13.8 Å². The van der Waals surface area contributed by atoms with E-state index in [1.807, 2.05) is 13.0 Å². The largest absolute Gasteiger partial charge is 0.443 e. The lowest BCUT2D eigenvalue weighted by Gasteiger charge is -2.22. The molecule has 0 spiro atoms. The van der Waals surface area contributed by atoms with Crippen molar-refractivity contribution in [1.82, 2.24) is 4.57 Å². The van der Waals surface area contributed by atoms with Gasteiger partial charge in [0.15, 0.2) is 6.29 Å². The van der Waals surface area contributed by atoms with E-state index in [0.29, 0.717) is 27.7 Å². The number of aromatic nitrogens is 1. The molecule has 0 fully saturated rings. The van der Waals surface area contributed by atoms with E-state index in [1.54, 1.807) is 51.1 Å². The van der Waals surface area contributed by atoms with E-state index >= 15 is 0 Å². The topological polar surface area (TPSA) is 48.3 Å². The summed E-state index contributed by atoms with van der Waals surface area (Å²) in [6.07, 6.45) is 0.180. The molecule has 0 saturated carbocycles. The molecule has 0 amide bonds. The normalized spacial score (nSPS) is 12.8. The average Bonchev–Trinajstić information content (AvgIpc) is 2.94. The van der Waals surface area contributed by atoms with Gasteiger partial charge in [0, 0.05) is 22.6 Å². The average molecular weight is 367 g/mol. The number of carbonyl (C=O) groups is 2. The molecule has 3 rings (SSSR count). The molecule has 0 saturated heterocycles. The molecule has 0 aliphatic rings. The zero-order chi connectivity index (χ0) is 19.8. The van der Waals surface area contributed by atoms with Gasteiger partial charge in [-0.15, -0.1) is 0 Å². The Labute approximate surface area is 157 Å². The van der Waals surface area contributed by atoms with Gasteiger partial charge in [0.2, 0.25) is 0 Å². The van der Waals surface area contributed by atoms with E-state index in [4.69, 9.17) is 4.74 Å². The van der Waals surface area contributed by atoms with Crippen molar-refractivity contribution in [2.45, 2.75) is 39.2 Å². The van der Waals surface area contributed by atoms with E-state index in [0.717, 1.165) is 6.29 Å². The summed E-state index contributed by atoms with van der Waals surface area (Å²) < 4.78 is 20.7. The third kappa shape index (κ3) is 3.63. The highest BCUT2D eigenvalue weighted by Crippen LogP contribution is 2.34. The summed E-state index contributed by atoms with van der Waals surface area (Å²) in [5.74, 6) is -0.757. The van der Waals surface area contributed by atoms with Crippen molar-refractivity contribution in [3.05, 3.63) is 71.2 Å². The molecule has 1 aromatic heterocycles. The molecule has 27 heavy (non-hydrogen) atoms. The molecule has 1 atom stereocenters. The van der Waals surface area contributed by atoms with Gasteiger partial charge in [0.25, 0.3) is 0 Å². The lowest BCUT2D eigenvalue weighted by molar-refractivity contribution is 0.0539. The smallest absolute Gasteiger partial charge is 0.419 e. The molecule has 0 aliphatic carbocycles. The number of nitrogens with zero attached hydrogens (tertiary/aromatic N) is 1. The molecule has 1 heterocycles. The van der Waals surface area contributed by atoms with E-state index < -0.39 is 11.7 Å². The number of hydrogen-bond donors (Lipinski definition) is 0. The van der Waals surface area contributed by atoms with Crippen molar-refractivity contribution >= 4 is 23.3 Å². The first-order valence-electron chi connectivity index (χ1n) is 8.80. The minimum absolute atomic E-state index is 0.369. The van der Waals surface area contributed by atoms with Crippen LogP contribution >= 0.6 is 0 Å². The van der Waals surface area contributed by atoms with Crippen molar-refractivity contribution < 1.29 is 18.7 Å². The Bertz CT molecular complexity index is 1010. The van der Waals surface area contributed by atoms with Crippen molar-refractivity contribution in [2.24, 2.45) is 0 Å². The van der Waals surface area contributed by atoms with Gasteiger partial charge in [0.1, 0.15) is 11.4 Å². The molecule has 2 aromatic carbocycles. The Morgan fingerprint density at radius 2 is 1.85 bits per heavy atom. The molecule has 5 heteroatoms. The summed E-state index contributed by atoms with van der Waals surface area (Å²) in [5.41, 5.74) is 1.47. The second-order valence-corrected chi connectivity index (χ2v) is 7.53. The van der Waals surface area contributed by atoms with Crippen LogP contribution in [-0.4, -0.2) is 22.5 Å². The predicted octanol–water partition coefficient (Wildman–Crippen LogP) is 5.53. The lowest BCUT2D eigenvalue weighted by atomic mass is 9.94. The second kappa shape index (κ2) is 6.99. The first kappa shape index (κ1) is 18.8. The van der Waals surface area contributed by atoms with Gasteiger partial charge < -0.3 is 4.74 Å². The monoisotopic (exact) mass is 367 g/mol. The fraction of sp³-hybridized carbons (Fsp3) is 0.273. The molecule has 3 aromatic rings. The minimum Gasteiger partial charge on any atom is -0.443 e. The number of fused-ring (bicyclic) bond motifs is 1. The van der Waals surface area contributed by atoms with Crippen molar-refractivity contribution in [3.63, 3.8) is 0 Å². The number of benzene rings is 2. The Morgan fingerprint density at radius 1 is 1.15 bits per heavy atom. The van der Waals surface area contributed by atoms with Crippen LogP contribution in [-0.2, 0) is 4.74 Å². The SMILES string of the molecule is C[C@H](c1cccc(F)c1)c1c(C=O)c2ccccc2n1C(=O)OC(C)(C)C. The summed E-state index contributed by atoms with van der Waals surface area (Å²) in [7, 11) is 0. The van der Waals surface area contributed by atoms with Gasteiger partial charge in [-0.2, -0.15) is 0 Å². The van der Waals surface area contributed by atoms with Crippen LogP contribution in [0.25, 0.3) is 10.9 Å². The van der Waals surface area contributed by atoms with Crippen LogP contribution in [0.15, 0.2) is 48.5 Å². The van der Waals surface area contributed by atoms with E-state index in [-0.39, 0.29) is 11.7 Å². The zero-order valence-corrected chi connectivity index (χ0v) is 15.8. The lowest BCUT2D eigenvalue weighted by Crippen LogP contribution is -2.28. The molecule has 0 N–H and O–H groups in total. The Kier molecular flexibility index (Phi) is 4.87. The number of aldehydes is 1. The molecule has 0 radical (unpaired) electrons. The Hall–Kier alpha value is -2.95. The van der Waals surface area contributed by atoms with Gasteiger partial charge >= 0.3 is 6.09 Å². The van der Waals surface area contributed by atoms with E-state index in [9.17, 15) is 14.0 Å². The fourth-order valence-corrected chi connectivity index (χ4v) is 3.27. The van der Waals surface area contributed by atoms with Crippen molar-refractivity contribution in [3.8, 4) is 0 Å². The maximum absolute atomic E-state index is 13.7. The molecular weight excluding hydrogens is 345 g/mol. The first-order valence-corrected chi connectivity index (χ1v) is 8.80. The van der Waals surface area contributed by atoms with Crippen molar-refractivity contribution in [1.29, 1.82) is 0 Å². The quantitative estimate of drug-likeness (QED) is 0.572. The Balaban J connectivity index is 2.28. The van der Waals surface area contributed by atoms with Crippen LogP contribution in [0.5, 0.6) is 0 Å². The number of hydrogen-bond acceptors (Lipinski definition) is 3. The summed E-state index contributed by atoms with van der Waals surface area (Å²) in [6.45, 7) is 7.20. The molecule has 0 unspecified atom stereocenters. The fourth-order valence-electron chi connectivity index (χ4n) is 3.27. The summed E-state index contributed by atoms with van der Waals surface area (Å²) in [4.78, 5) is 24.9. The zero-order valence-electron chi connectivity index (χ0n) is 15.8. The summed E-state index contributed by atoms with van der Waals surface area (Å²) >= 11 is 0. The van der Waals surface area contributed by atoms with Crippen LogP contribution in [0.4, 0.5) is 9.18 Å². The Morgan fingerprint density at radius 3 is 2.48 bits per heavy atom. The first-order chi connectivity index (χ1) is 12.7. The maximum atomic E-state index is 13.7. The highest BCUT2D eigenvalue weighted by atomic mass is 19.1. The minimum atomic E-state index is -0.691. The van der Waals surface area contributed by atoms with E-state index in [1.165, 1.54) is 16.7 Å². The summed E-state index contributed by atoms with van der Waals surface area (Å²) in [5, 5.41) is 0.664. The van der Waals surface area contributed by atoms with Gasteiger partial charge in [0.05, 0.1) is 5.52 Å². The molecule has 4 nitrogen and oxygen atoms in total. The number of halogens is 1. The second-order valence-electron chi connectivity index (χ2n) is 7.53. The number of para-hydroxylation sites is 1. The number of carbonyl (C=O) groups excluding carboxylic acids is 2. The number of rotatable bonds is 3. The molecule has 0 aliphatic heterocycles. The van der Waals surface area contributed by atoms with E-state index in [2.05, 4.69) is 0 Å². The summed E-state index contributed by atoms with van der Waals surface area (Å²) in [6, 6.07) is 13.3. The van der Waals surface area contributed by atoms with Gasteiger partial charge in [-0.05, 0) is 44.5 Å². The number of ether oxygens (including phenoxy) is 1.